The van der Waals surface area contributed by atoms with E-state index in [9.17, 15) is 14.4 Å². The smallest absolute Gasteiger partial charge is 0.374 e. The summed E-state index contributed by atoms with van der Waals surface area (Å²) >= 11 is 5.15. The fraction of sp³-hybridized carbons (Fsp3) is 0.500. The molecule has 0 bridgehead atoms. The van der Waals surface area contributed by atoms with Crippen molar-refractivity contribution in [2.24, 2.45) is 0 Å². The van der Waals surface area contributed by atoms with Crippen LogP contribution in [0.1, 0.15) is 6.92 Å². The molecule has 0 aliphatic carbocycles. The Morgan fingerprint density at radius 3 is 2.33 bits per heavy atom. The van der Waals surface area contributed by atoms with Gasteiger partial charge in [-0.15, -0.1) is 11.6 Å². The van der Waals surface area contributed by atoms with Crippen molar-refractivity contribution in [2.45, 2.75) is 12.3 Å². The number of carbonyl (C=O) groups excluding carboxylic acids is 2. The Morgan fingerprint density at radius 1 is 1.50 bits per heavy atom. The molecule has 0 saturated heterocycles. The maximum absolute atomic E-state index is 10.7. The van der Waals surface area contributed by atoms with Gasteiger partial charge in [0, 0.05) is 0 Å². The van der Waals surface area contributed by atoms with Crippen LogP contribution in [0.15, 0.2) is 0 Å². The average molecular weight is 195 g/mol. The minimum atomic E-state index is -1.75. The van der Waals surface area contributed by atoms with Gasteiger partial charge in [-0.25, -0.2) is 9.59 Å². The molecule has 0 saturated carbocycles. The Hall–Kier alpha value is -1.10. The SMILES string of the molecule is CCOC(=O)C(Cl)C(=O)C(=O)O. The van der Waals surface area contributed by atoms with Gasteiger partial charge in [0.1, 0.15) is 0 Å². The Morgan fingerprint density at radius 2 is 2.00 bits per heavy atom. The normalized spacial score (nSPS) is 11.8. The molecule has 0 aromatic heterocycles. The molecule has 0 fully saturated rings. The number of carboxylic acids is 1. The van der Waals surface area contributed by atoms with E-state index < -0.39 is 23.1 Å². The van der Waals surface area contributed by atoms with Gasteiger partial charge in [-0.05, 0) is 6.92 Å². The largest absolute Gasteiger partial charge is 0.475 e. The standard InChI is InChI=1S/C6H7ClO5/c1-2-12-6(11)3(7)4(8)5(9)10/h3H,2H2,1H3,(H,9,10). The predicted octanol–water partition coefficient (Wildman–Crippen LogP) is -0.189. The summed E-state index contributed by atoms with van der Waals surface area (Å²) in [5, 5.41) is 6.38. The van der Waals surface area contributed by atoms with Crippen molar-refractivity contribution in [2.75, 3.05) is 6.61 Å². The minimum absolute atomic E-state index is 0.0505. The minimum Gasteiger partial charge on any atom is -0.475 e. The van der Waals surface area contributed by atoms with Crippen LogP contribution >= 0.6 is 11.6 Å². The maximum Gasteiger partial charge on any atom is 0.374 e. The third-order valence-electron chi connectivity index (χ3n) is 0.935. The van der Waals surface area contributed by atoms with Gasteiger partial charge in [0.25, 0.3) is 5.78 Å². The first kappa shape index (κ1) is 10.9. The van der Waals surface area contributed by atoms with E-state index in [1.54, 1.807) is 0 Å². The van der Waals surface area contributed by atoms with Crippen LogP contribution in [0, 0.1) is 0 Å². The van der Waals surface area contributed by atoms with Crippen LogP contribution in [0.25, 0.3) is 0 Å². The molecular weight excluding hydrogens is 188 g/mol. The highest BCUT2D eigenvalue weighted by Gasteiger charge is 2.30. The number of Topliss-reactive ketones (excluding diaryl/α,β-unsaturated/α-hetero) is 1. The first-order valence-corrected chi connectivity index (χ1v) is 3.52. The molecule has 1 N–H and O–H groups in total. The number of carbonyl (C=O) groups is 3. The average Bonchev–Trinajstić information content (AvgIpc) is 2.02. The molecule has 0 aromatic carbocycles. The van der Waals surface area contributed by atoms with Crippen molar-refractivity contribution in [3.63, 3.8) is 0 Å². The van der Waals surface area contributed by atoms with Gasteiger partial charge >= 0.3 is 11.9 Å². The summed E-state index contributed by atoms with van der Waals surface area (Å²) in [6.45, 7) is 1.57. The topological polar surface area (TPSA) is 80.7 Å². The molecule has 0 spiro atoms. The molecule has 68 valence electrons. The molecule has 5 nitrogen and oxygen atoms in total. The molecule has 1 atom stereocenters. The van der Waals surface area contributed by atoms with Crippen molar-refractivity contribution < 1.29 is 24.2 Å². The van der Waals surface area contributed by atoms with E-state index in [0.29, 0.717) is 0 Å². The third-order valence-corrected chi connectivity index (χ3v) is 1.31. The maximum atomic E-state index is 10.7. The number of hydrogen-bond donors (Lipinski definition) is 1. The molecule has 0 rings (SSSR count). The molecule has 6 heteroatoms. The lowest BCUT2D eigenvalue weighted by Gasteiger charge is -2.03. The van der Waals surface area contributed by atoms with Crippen LogP contribution in [0.4, 0.5) is 0 Å². The predicted molar refractivity (Wildman–Crippen MR) is 38.9 cm³/mol. The molecule has 0 aliphatic heterocycles. The summed E-state index contributed by atoms with van der Waals surface area (Å²) < 4.78 is 4.32. The van der Waals surface area contributed by atoms with Crippen molar-refractivity contribution >= 4 is 29.3 Å². The van der Waals surface area contributed by atoms with Gasteiger partial charge in [0.2, 0.25) is 5.38 Å². The number of rotatable bonds is 4. The van der Waals surface area contributed by atoms with Gasteiger partial charge in [-0.3, -0.25) is 4.79 Å². The number of aliphatic carboxylic acids is 1. The van der Waals surface area contributed by atoms with E-state index in [-0.39, 0.29) is 6.61 Å². The lowest BCUT2D eigenvalue weighted by atomic mass is 10.3. The summed E-state index contributed by atoms with van der Waals surface area (Å²) in [7, 11) is 0. The lowest BCUT2D eigenvalue weighted by Crippen LogP contribution is -2.32. The highest BCUT2D eigenvalue weighted by Crippen LogP contribution is 2.00. The highest BCUT2D eigenvalue weighted by atomic mass is 35.5. The summed E-state index contributed by atoms with van der Waals surface area (Å²) in [6.07, 6.45) is 0. The number of carboxylic acid groups (broad SMARTS) is 1. The second kappa shape index (κ2) is 4.71. The second-order valence-electron chi connectivity index (χ2n) is 1.78. The van der Waals surface area contributed by atoms with E-state index in [2.05, 4.69) is 4.74 Å². The van der Waals surface area contributed by atoms with E-state index in [4.69, 9.17) is 16.7 Å². The number of halogens is 1. The summed E-state index contributed by atoms with van der Waals surface area (Å²) in [6, 6.07) is 0. The van der Waals surface area contributed by atoms with Crippen LogP contribution < -0.4 is 0 Å². The molecule has 1 unspecified atom stereocenters. The molecule has 0 aliphatic rings. The van der Waals surface area contributed by atoms with Crippen molar-refractivity contribution in [3.05, 3.63) is 0 Å². The van der Waals surface area contributed by atoms with E-state index >= 15 is 0 Å². The summed E-state index contributed by atoms with van der Waals surface area (Å²) in [5.74, 6) is -4.16. The summed E-state index contributed by atoms with van der Waals surface area (Å²) in [4.78, 5) is 31.2. The lowest BCUT2D eigenvalue weighted by molar-refractivity contribution is -0.154. The number of ether oxygens (including phenoxy) is 1. The van der Waals surface area contributed by atoms with Crippen LogP contribution in [0.2, 0.25) is 0 Å². The number of esters is 1. The quantitative estimate of drug-likeness (QED) is 0.290. The number of ketones is 1. The van der Waals surface area contributed by atoms with Gasteiger partial charge < -0.3 is 9.84 Å². The van der Waals surface area contributed by atoms with Crippen LogP contribution in [-0.2, 0) is 19.1 Å². The van der Waals surface area contributed by atoms with Crippen molar-refractivity contribution in [1.29, 1.82) is 0 Å². The molecule has 0 aromatic rings. The van der Waals surface area contributed by atoms with Crippen LogP contribution in [-0.4, -0.2) is 34.8 Å². The Balaban J connectivity index is 4.19. The van der Waals surface area contributed by atoms with Crippen LogP contribution in [0.5, 0.6) is 0 Å². The van der Waals surface area contributed by atoms with Gasteiger partial charge in [0.05, 0.1) is 6.61 Å². The van der Waals surface area contributed by atoms with Crippen LogP contribution in [0.3, 0.4) is 0 Å². The highest BCUT2D eigenvalue weighted by molar-refractivity contribution is 6.53. The third kappa shape index (κ3) is 2.87. The number of alkyl halides is 1. The number of hydrogen-bond acceptors (Lipinski definition) is 4. The molecule has 12 heavy (non-hydrogen) atoms. The molecule has 0 heterocycles. The zero-order chi connectivity index (χ0) is 9.72. The van der Waals surface area contributed by atoms with E-state index in [1.807, 2.05) is 0 Å². The fourth-order valence-corrected chi connectivity index (χ4v) is 0.587. The van der Waals surface area contributed by atoms with E-state index in [0.717, 1.165) is 0 Å². The first-order valence-electron chi connectivity index (χ1n) is 3.08. The Kier molecular flexibility index (Phi) is 4.28. The van der Waals surface area contributed by atoms with Gasteiger partial charge in [-0.1, -0.05) is 0 Å². The van der Waals surface area contributed by atoms with Gasteiger partial charge in [-0.2, -0.15) is 0 Å². The molecule has 0 amide bonds. The first-order chi connectivity index (χ1) is 5.50. The van der Waals surface area contributed by atoms with Crippen molar-refractivity contribution in [3.8, 4) is 0 Å². The van der Waals surface area contributed by atoms with Crippen molar-refractivity contribution in [1.82, 2.24) is 0 Å². The van der Waals surface area contributed by atoms with Gasteiger partial charge in [0.15, 0.2) is 0 Å². The molecule has 0 radical (unpaired) electrons. The fourth-order valence-electron chi connectivity index (χ4n) is 0.431. The molecular formula is C6H7ClO5. The monoisotopic (exact) mass is 194 g/mol. The zero-order valence-electron chi connectivity index (χ0n) is 6.24. The second-order valence-corrected chi connectivity index (χ2v) is 2.22. The van der Waals surface area contributed by atoms with E-state index in [1.165, 1.54) is 6.92 Å². The summed E-state index contributed by atoms with van der Waals surface area (Å²) in [5.41, 5.74) is 0. The Labute approximate surface area is 73.3 Å². The Bertz CT molecular complexity index is 212. The zero-order valence-corrected chi connectivity index (χ0v) is 7.00.